The lowest BCUT2D eigenvalue weighted by Crippen LogP contribution is -2.30. The molecule has 0 radical (unpaired) electrons. The Balaban J connectivity index is 4.63. The van der Waals surface area contributed by atoms with Crippen molar-refractivity contribution in [3.05, 3.63) is 134 Å². The summed E-state index contributed by atoms with van der Waals surface area (Å²) in [7, 11) is 0. The Bertz CT molecular complexity index is 1330. The van der Waals surface area contributed by atoms with Crippen molar-refractivity contribution in [3.8, 4) is 0 Å². The summed E-state index contributed by atoms with van der Waals surface area (Å²) >= 11 is 0. The van der Waals surface area contributed by atoms with Gasteiger partial charge in [-0.25, -0.2) is 0 Å². The number of ether oxygens (including phenoxy) is 3. The van der Waals surface area contributed by atoms with Crippen LogP contribution in [0.4, 0.5) is 0 Å². The molecule has 0 N–H and O–H groups in total. The maximum Gasteiger partial charge on any atom is 0.306 e. The van der Waals surface area contributed by atoms with E-state index in [0.29, 0.717) is 19.3 Å². The molecule has 0 saturated carbocycles. The maximum atomic E-state index is 12.7. The van der Waals surface area contributed by atoms with Crippen LogP contribution in [-0.2, 0) is 28.6 Å². The summed E-state index contributed by atoms with van der Waals surface area (Å²) in [4.78, 5) is 37.7. The minimum atomic E-state index is -0.842. The molecule has 0 bridgehead atoms. The predicted molar refractivity (Wildman–Crippen MR) is 246 cm³/mol. The Morgan fingerprint density at radius 3 is 1.31 bits per heavy atom. The average molecular weight is 799 g/mol. The lowest BCUT2D eigenvalue weighted by molar-refractivity contribution is -0.166. The third-order valence-electron chi connectivity index (χ3n) is 8.51. The van der Waals surface area contributed by atoms with Crippen LogP contribution < -0.4 is 0 Å². The molecule has 0 aromatic heterocycles. The number of esters is 3. The molecule has 0 rings (SSSR count). The number of carbonyl (C=O) groups is 3. The van der Waals surface area contributed by atoms with Crippen molar-refractivity contribution < 1.29 is 28.6 Å². The van der Waals surface area contributed by atoms with Crippen molar-refractivity contribution in [2.24, 2.45) is 0 Å². The first kappa shape index (κ1) is 53.6. The second-order valence-corrected chi connectivity index (χ2v) is 14.0. The van der Waals surface area contributed by atoms with Crippen LogP contribution in [0.2, 0.25) is 0 Å². The van der Waals surface area contributed by atoms with Gasteiger partial charge in [0.1, 0.15) is 13.2 Å². The van der Waals surface area contributed by atoms with E-state index in [1.165, 1.54) is 12.8 Å². The van der Waals surface area contributed by atoms with Crippen molar-refractivity contribution in [1.29, 1.82) is 0 Å². The molecule has 0 aliphatic heterocycles. The monoisotopic (exact) mass is 799 g/mol. The zero-order valence-corrected chi connectivity index (χ0v) is 36.5. The Labute approximate surface area is 354 Å². The third kappa shape index (κ3) is 42.7. The van der Waals surface area contributed by atoms with E-state index >= 15 is 0 Å². The molecule has 6 nitrogen and oxygen atoms in total. The predicted octanol–water partition coefficient (Wildman–Crippen LogP) is 14.4. The number of unbranched alkanes of at least 4 members (excludes halogenated alkanes) is 8. The Kier molecular flexibility index (Phi) is 41.8. The van der Waals surface area contributed by atoms with E-state index in [-0.39, 0.29) is 44.0 Å². The van der Waals surface area contributed by atoms with Crippen LogP contribution in [0.1, 0.15) is 156 Å². The van der Waals surface area contributed by atoms with Gasteiger partial charge in [-0.15, -0.1) is 0 Å². The summed E-state index contributed by atoms with van der Waals surface area (Å²) in [5.41, 5.74) is 0. The molecule has 0 aliphatic carbocycles. The molecule has 1 unspecified atom stereocenters. The van der Waals surface area contributed by atoms with Crippen LogP contribution >= 0.6 is 0 Å². The van der Waals surface area contributed by atoms with Crippen LogP contribution in [0.5, 0.6) is 0 Å². The zero-order valence-electron chi connectivity index (χ0n) is 36.5. The molecule has 0 saturated heterocycles. The zero-order chi connectivity index (χ0) is 42.3. The van der Waals surface area contributed by atoms with Crippen molar-refractivity contribution in [2.75, 3.05) is 13.2 Å². The lowest BCUT2D eigenvalue weighted by Gasteiger charge is -2.18. The van der Waals surface area contributed by atoms with Crippen molar-refractivity contribution in [2.45, 2.75) is 162 Å². The first-order chi connectivity index (χ1) is 28.5. The van der Waals surface area contributed by atoms with Gasteiger partial charge in [-0.2, -0.15) is 0 Å². The molecule has 6 heteroatoms. The van der Waals surface area contributed by atoms with Gasteiger partial charge < -0.3 is 14.2 Å². The molecular formula is C52H78O6. The quantitative estimate of drug-likeness (QED) is 0.0205. The largest absolute Gasteiger partial charge is 0.462 e. The highest BCUT2D eigenvalue weighted by atomic mass is 16.6. The number of rotatable bonds is 37. The molecule has 58 heavy (non-hydrogen) atoms. The van der Waals surface area contributed by atoms with Crippen LogP contribution in [-0.4, -0.2) is 37.2 Å². The van der Waals surface area contributed by atoms with Crippen LogP contribution in [0, 0.1) is 0 Å². The average Bonchev–Trinajstić information content (AvgIpc) is 3.22. The van der Waals surface area contributed by atoms with Gasteiger partial charge in [0, 0.05) is 19.3 Å². The summed E-state index contributed by atoms with van der Waals surface area (Å²) in [6.07, 6.45) is 63.1. The van der Waals surface area contributed by atoms with E-state index in [9.17, 15) is 14.4 Å². The molecule has 1 atom stereocenters. The van der Waals surface area contributed by atoms with E-state index in [1.54, 1.807) is 0 Å². The number of hydrogen-bond donors (Lipinski definition) is 0. The minimum absolute atomic E-state index is 0.137. The normalized spacial score (nSPS) is 13.4. The van der Waals surface area contributed by atoms with E-state index in [1.807, 2.05) is 48.6 Å². The van der Waals surface area contributed by atoms with Gasteiger partial charge in [0.15, 0.2) is 6.10 Å². The summed E-state index contributed by atoms with van der Waals surface area (Å²) < 4.78 is 16.6. The fraction of sp³-hybridized carbons (Fsp3) is 0.519. The van der Waals surface area contributed by atoms with Crippen LogP contribution in [0.3, 0.4) is 0 Å². The Hall–Kier alpha value is -4.45. The van der Waals surface area contributed by atoms with E-state index in [0.717, 1.165) is 89.9 Å². The molecule has 0 spiro atoms. The van der Waals surface area contributed by atoms with Crippen molar-refractivity contribution in [1.82, 2.24) is 0 Å². The van der Waals surface area contributed by atoms with Gasteiger partial charge in [0.05, 0.1) is 0 Å². The van der Waals surface area contributed by atoms with E-state index in [4.69, 9.17) is 14.2 Å². The van der Waals surface area contributed by atoms with Gasteiger partial charge >= 0.3 is 17.9 Å². The summed E-state index contributed by atoms with van der Waals surface area (Å²) in [5, 5.41) is 0. The molecule has 0 aromatic carbocycles. The highest BCUT2D eigenvalue weighted by Gasteiger charge is 2.19. The molecule has 0 aromatic rings. The number of hydrogen-bond acceptors (Lipinski definition) is 6. The van der Waals surface area contributed by atoms with Crippen LogP contribution in [0.15, 0.2) is 134 Å². The topological polar surface area (TPSA) is 78.9 Å². The summed E-state index contributed by atoms with van der Waals surface area (Å²) in [5.74, 6) is -1.11. The molecule has 0 amide bonds. The molecular weight excluding hydrogens is 721 g/mol. The minimum Gasteiger partial charge on any atom is -0.462 e. The number of carbonyl (C=O) groups excluding carboxylic acids is 3. The second kappa shape index (κ2) is 45.3. The fourth-order valence-electron chi connectivity index (χ4n) is 5.18. The van der Waals surface area contributed by atoms with Gasteiger partial charge in [-0.3, -0.25) is 14.4 Å². The van der Waals surface area contributed by atoms with Gasteiger partial charge in [0.25, 0.3) is 0 Å². The second-order valence-electron chi connectivity index (χ2n) is 14.0. The molecule has 0 aliphatic rings. The van der Waals surface area contributed by atoms with Gasteiger partial charge in [-0.05, 0) is 89.9 Å². The molecule has 0 heterocycles. The highest BCUT2D eigenvalue weighted by Crippen LogP contribution is 2.10. The van der Waals surface area contributed by atoms with Crippen molar-refractivity contribution in [3.63, 3.8) is 0 Å². The SMILES string of the molecule is CC\C=C/C=C\C=C/C=C\CCCCCC(=O)OC(COC(=O)CC/C=C\C/C=C\C/C=C\C/C=C\C/C=C\CC)COC(=O)CCCCC/C=C\C=C/CCCC. The van der Waals surface area contributed by atoms with Crippen molar-refractivity contribution >= 4 is 17.9 Å². The van der Waals surface area contributed by atoms with Gasteiger partial charge in [-0.1, -0.05) is 180 Å². The van der Waals surface area contributed by atoms with Gasteiger partial charge in [0.2, 0.25) is 0 Å². The fourth-order valence-corrected chi connectivity index (χ4v) is 5.18. The van der Waals surface area contributed by atoms with E-state index < -0.39 is 6.10 Å². The maximum absolute atomic E-state index is 12.7. The summed E-state index contributed by atoms with van der Waals surface area (Å²) in [6, 6.07) is 0. The Morgan fingerprint density at radius 1 is 0.379 bits per heavy atom. The first-order valence-electron chi connectivity index (χ1n) is 22.3. The van der Waals surface area contributed by atoms with E-state index in [2.05, 4.69) is 106 Å². The van der Waals surface area contributed by atoms with Crippen LogP contribution in [0.25, 0.3) is 0 Å². The smallest absolute Gasteiger partial charge is 0.306 e. The lowest BCUT2D eigenvalue weighted by atomic mass is 10.1. The third-order valence-corrected chi connectivity index (χ3v) is 8.51. The Morgan fingerprint density at radius 2 is 0.793 bits per heavy atom. The summed E-state index contributed by atoms with van der Waals surface area (Å²) in [6.45, 7) is 6.15. The molecule has 322 valence electrons. The number of allylic oxidation sites excluding steroid dienone is 22. The highest BCUT2D eigenvalue weighted by molar-refractivity contribution is 5.71. The first-order valence-corrected chi connectivity index (χ1v) is 22.3. The molecule has 0 fully saturated rings. The standard InChI is InChI=1S/C52H78O6/c1-4-7-10-13-16-19-22-24-25-26-28-30-33-36-39-42-45-51(54)57-48-49(47-56-50(53)44-41-38-35-32-29-21-18-15-12-9-6-3)58-52(55)46-43-40-37-34-31-27-23-20-17-14-11-8-5-2/h7-8,10-11,14-21,23-25,27-31,36,39,49H,4-6,9,12-13,22,26,32-35,37-38,40-48H2,1-3H3/b10-7-,11-8-,17-14-,18-15-,19-16-,23-20-,25-24-,29-21-,30-28-,31-27-,39-36-.